The highest BCUT2D eigenvalue weighted by atomic mass is 16.3. The van der Waals surface area contributed by atoms with Crippen LogP contribution in [-0.4, -0.2) is 0 Å². The summed E-state index contributed by atoms with van der Waals surface area (Å²) in [5, 5.41) is 2.28. The SMILES string of the molecule is Cc1ccc2c(c1)C(c1ccccc1)(c1ccc(-c3cccc4c3oc3ccccc34)cc1)c1cc(C)cc(N(c3ccc4c(c3)C(C)(C)c3ccccc3-4)c3ccc4c(c3)C(C)(C)c3ccccc3-4)c1-2. The Morgan fingerprint density at radius 2 is 0.901 bits per heavy atom. The lowest BCUT2D eigenvalue weighted by atomic mass is 9.67. The van der Waals surface area contributed by atoms with E-state index in [0.717, 1.165) is 44.4 Å². The molecule has 71 heavy (non-hydrogen) atoms. The van der Waals surface area contributed by atoms with Gasteiger partial charge in [0.05, 0.1) is 11.1 Å². The number of benzene rings is 10. The molecule has 0 amide bonds. The van der Waals surface area contributed by atoms with E-state index in [1.807, 2.05) is 6.07 Å². The highest BCUT2D eigenvalue weighted by Gasteiger charge is 2.48. The molecule has 3 aliphatic carbocycles. The van der Waals surface area contributed by atoms with Gasteiger partial charge in [-0.1, -0.05) is 209 Å². The van der Waals surface area contributed by atoms with Crippen molar-refractivity contribution in [2.45, 2.75) is 57.8 Å². The molecule has 0 bridgehead atoms. The zero-order chi connectivity index (χ0) is 48.0. The third kappa shape index (κ3) is 5.76. The topological polar surface area (TPSA) is 16.4 Å². The third-order valence-corrected chi connectivity index (χ3v) is 16.6. The molecule has 1 unspecified atom stereocenters. The Hall–Kier alpha value is -8.20. The average Bonchev–Trinajstić information content (AvgIpc) is 4.06. The van der Waals surface area contributed by atoms with E-state index in [1.54, 1.807) is 0 Å². The number of furan rings is 1. The first-order valence-corrected chi connectivity index (χ1v) is 25.2. The predicted molar refractivity (Wildman–Crippen MR) is 296 cm³/mol. The minimum Gasteiger partial charge on any atom is -0.455 e. The Morgan fingerprint density at radius 3 is 1.58 bits per heavy atom. The maximum atomic E-state index is 6.58. The fourth-order valence-corrected chi connectivity index (χ4v) is 13.3. The number of hydrogen-bond donors (Lipinski definition) is 0. The van der Waals surface area contributed by atoms with Crippen molar-refractivity contribution >= 4 is 39.0 Å². The molecule has 11 aromatic rings. The van der Waals surface area contributed by atoms with Crippen LogP contribution in [0, 0.1) is 13.8 Å². The molecule has 2 nitrogen and oxygen atoms in total. The zero-order valence-electron chi connectivity index (χ0n) is 41.1. The van der Waals surface area contributed by atoms with Gasteiger partial charge in [-0.15, -0.1) is 0 Å². The molecule has 14 rings (SSSR count). The molecule has 0 saturated heterocycles. The van der Waals surface area contributed by atoms with Gasteiger partial charge in [0.25, 0.3) is 0 Å². The van der Waals surface area contributed by atoms with Crippen molar-refractivity contribution in [1.82, 2.24) is 0 Å². The number of hydrogen-bond acceptors (Lipinski definition) is 2. The van der Waals surface area contributed by atoms with Gasteiger partial charge < -0.3 is 9.32 Å². The molecular weight excluding hydrogens is 859 g/mol. The van der Waals surface area contributed by atoms with Gasteiger partial charge >= 0.3 is 0 Å². The summed E-state index contributed by atoms with van der Waals surface area (Å²) in [5.74, 6) is 0. The van der Waals surface area contributed by atoms with Crippen LogP contribution >= 0.6 is 0 Å². The minimum absolute atomic E-state index is 0.168. The normalized spacial score (nSPS) is 16.3. The second-order valence-corrected chi connectivity index (χ2v) is 21.4. The molecule has 1 heterocycles. The molecule has 10 aromatic carbocycles. The Balaban J connectivity index is 1.03. The molecule has 0 spiro atoms. The summed E-state index contributed by atoms with van der Waals surface area (Å²) < 4.78 is 6.58. The summed E-state index contributed by atoms with van der Waals surface area (Å²) in [4.78, 5) is 2.59. The van der Waals surface area contributed by atoms with E-state index in [1.165, 1.54) is 94.7 Å². The summed E-state index contributed by atoms with van der Waals surface area (Å²) in [5.41, 5.74) is 27.4. The lowest BCUT2D eigenvalue weighted by molar-refractivity contribution is 0.660. The molecule has 3 aliphatic rings. The standard InChI is InChI=1S/C69H53NO/c1-42-27-34-56-61(37-42)69(45-17-8-7-9-18-45,46-30-28-44(29-31-46)49-22-16-23-55-54-21-12-15-26-64(54)71-66(49)55)62-38-43(2)39-63(65(56)62)70(47-32-35-52-50-19-10-13-24-57(50)67(3,4)59(52)40-47)48-33-36-53-51-20-11-14-25-58(51)68(5,6)60(53)41-48/h7-41H,1-6H3. The number of nitrogens with zero attached hydrogens (tertiary/aromatic N) is 1. The maximum absolute atomic E-state index is 6.58. The zero-order valence-corrected chi connectivity index (χ0v) is 41.1. The van der Waals surface area contributed by atoms with Crippen molar-refractivity contribution in [3.63, 3.8) is 0 Å². The molecule has 0 saturated carbocycles. The average molecular weight is 912 g/mol. The van der Waals surface area contributed by atoms with Crippen LogP contribution in [0.1, 0.15) is 83.3 Å². The molecule has 1 atom stereocenters. The van der Waals surface area contributed by atoms with Crippen LogP contribution in [0.3, 0.4) is 0 Å². The second kappa shape index (κ2) is 14.9. The number of rotatable bonds is 6. The van der Waals surface area contributed by atoms with E-state index in [9.17, 15) is 0 Å². The first kappa shape index (κ1) is 41.7. The molecule has 1 aromatic heterocycles. The van der Waals surface area contributed by atoms with Crippen molar-refractivity contribution in [2.24, 2.45) is 0 Å². The fraction of sp³-hybridized carbons (Fsp3) is 0.130. The van der Waals surface area contributed by atoms with Gasteiger partial charge in [0.15, 0.2) is 0 Å². The van der Waals surface area contributed by atoms with Crippen LogP contribution in [0.2, 0.25) is 0 Å². The van der Waals surface area contributed by atoms with Crippen LogP contribution in [-0.2, 0) is 16.2 Å². The summed E-state index contributed by atoms with van der Waals surface area (Å²) >= 11 is 0. The Bertz CT molecular complexity index is 3910. The molecule has 0 N–H and O–H groups in total. The summed E-state index contributed by atoms with van der Waals surface area (Å²) in [7, 11) is 0. The lowest BCUT2D eigenvalue weighted by Gasteiger charge is -2.35. The second-order valence-electron chi connectivity index (χ2n) is 21.4. The number of anilines is 3. The van der Waals surface area contributed by atoms with Gasteiger partial charge in [0.2, 0.25) is 0 Å². The third-order valence-electron chi connectivity index (χ3n) is 16.6. The molecule has 0 aliphatic heterocycles. The van der Waals surface area contributed by atoms with Gasteiger partial charge in [0.1, 0.15) is 11.2 Å². The Kier molecular flexibility index (Phi) is 8.76. The van der Waals surface area contributed by atoms with Gasteiger partial charge in [-0.25, -0.2) is 0 Å². The molecular formula is C69H53NO. The lowest BCUT2D eigenvalue weighted by Crippen LogP contribution is -2.29. The first-order valence-electron chi connectivity index (χ1n) is 25.2. The van der Waals surface area contributed by atoms with Crippen LogP contribution in [0.15, 0.2) is 217 Å². The van der Waals surface area contributed by atoms with Crippen molar-refractivity contribution < 1.29 is 4.42 Å². The van der Waals surface area contributed by atoms with Crippen LogP contribution < -0.4 is 4.90 Å². The summed E-state index contributed by atoms with van der Waals surface area (Å²) in [6.07, 6.45) is 0. The van der Waals surface area contributed by atoms with Crippen LogP contribution in [0.25, 0.3) is 66.4 Å². The summed E-state index contributed by atoms with van der Waals surface area (Å²) in [6.45, 7) is 14.1. The van der Waals surface area contributed by atoms with Gasteiger partial charge in [-0.3, -0.25) is 0 Å². The van der Waals surface area contributed by atoms with Crippen LogP contribution in [0.5, 0.6) is 0 Å². The summed E-state index contributed by atoms with van der Waals surface area (Å²) in [6, 6.07) is 80.0. The van der Waals surface area contributed by atoms with E-state index in [-0.39, 0.29) is 10.8 Å². The number of para-hydroxylation sites is 2. The van der Waals surface area contributed by atoms with Crippen LogP contribution in [0.4, 0.5) is 17.1 Å². The monoisotopic (exact) mass is 911 g/mol. The highest BCUT2D eigenvalue weighted by molar-refractivity contribution is 6.09. The van der Waals surface area contributed by atoms with Gasteiger partial charge in [0, 0.05) is 44.1 Å². The van der Waals surface area contributed by atoms with Crippen molar-refractivity contribution in [3.8, 4) is 44.5 Å². The quantitative estimate of drug-likeness (QED) is 0.165. The predicted octanol–water partition coefficient (Wildman–Crippen LogP) is 18.3. The number of fused-ring (bicyclic) bond motifs is 12. The van der Waals surface area contributed by atoms with Crippen molar-refractivity contribution in [2.75, 3.05) is 4.90 Å². The molecule has 0 radical (unpaired) electrons. The van der Waals surface area contributed by atoms with Crippen molar-refractivity contribution in [3.05, 3.63) is 268 Å². The molecule has 340 valence electrons. The van der Waals surface area contributed by atoms with Gasteiger partial charge in [-0.2, -0.15) is 0 Å². The van der Waals surface area contributed by atoms with E-state index >= 15 is 0 Å². The molecule has 2 heteroatoms. The smallest absolute Gasteiger partial charge is 0.143 e. The van der Waals surface area contributed by atoms with E-state index in [2.05, 4.69) is 253 Å². The van der Waals surface area contributed by atoms with E-state index < -0.39 is 5.41 Å². The van der Waals surface area contributed by atoms with Crippen molar-refractivity contribution in [1.29, 1.82) is 0 Å². The fourth-order valence-electron chi connectivity index (χ4n) is 13.3. The Morgan fingerprint density at radius 1 is 0.366 bits per heavy atom. The maximum Gasteiger partial charge on any atom is 0.143 e. The minimum atomic E-state index is -0.628. The Labute approximate surface area is 416 Å². The number of aryl methyl sites for hydroxylation is 2. The largest absolute Gasteiger partial charge is 0.455 e. The van der Waals surface area contributed by atoms with Gasteiger partial charge in [-0.05, 0) is 134 Å². The molecule has 0 fully saturated rings. The van der Waals surface area contributed by atoms with E-state index in [0.29, 0.717) is 0 Å². The highest BCUT2D eigenvalue weighted by Crippen LogP contribution is 2.61. The van der Waals surface area contributed by atoms with E-state index in [4.69, 9.17) is 4.42 Å². The first-order chi connectivity index (χ1) is 34.5.